The van der Waals surface area contributed by atoms with Crippen LogP contribution in [0.5, 0.6) is 0 Å². The molecule has 0 aromatic heterocycles. The van der Waals surface area contributed by atoms with Crippen LogP contribution in [0.3, 0.4) is 0 Å². The molecule has 0 unspecified atom stereocenters. The van der Waals surface area contributed by atoms with E-state index in [4.69, 9.17) is 0 Å². The molecule has 3 heteroatoms. The highest BCUT2D eigenvalue weighted by Crippen LogP contribution is 0.690. The molecule has 0 spiro atoms. The molecule has 0 fully saturated rings. The summed E-state index contributed by atoms with van der Waals surface area (Å²) in [7, 11) is 1.50. The molecule has 0 amide bonds. The topological polar surface area (TPSA) is 61.0 Å². The second-order valence-corrected chi connectivity index (χ2v) is 0. The lowest BCUT2D eigenvalue weighted by atomic mass is 11.6. The summed E-state index contributed by atoms with van der Waals surface area (Å²) >= 11 is 0. The summed E-state index contributed by atoms with van der Waals surface area (Å²) in [4.78, 5) is 0. The summed E-state index contributed by atoms with van der Waals surface area (Å²) in [6.45, 7) is 0. The molecule has 0 radical (unpaired) electrons. The largest absolute Gasteiger partial charge is 0.344 e. The normalized spacial score (nSPS) is 1.50. The van der Waals surface area contributed by atoms with Gasteiger partial charge in [0.2, 0.25) is 0 Å². The molecular weight excluding hydrogens is 75.5 g/mol. The molecule has 30 valence electrons. The summed E-state index contributed by atoms with van der Waals surface area (Å²) < 4.78 is 0. The van der Waals surface area contributed by atoms with Gasteiger partial charge in [0.25, 0.3) is 0 Å². The smallest absolute Gasteiger partial charge is 0.0195 e. The fourth-order valence-corrected chi connectivity index (χ4v) is 0. The maximum Gasteiger partial charge on any atom is -0.0195 e. The molecule has 0 rings (SSSR count). The van der Waals surface area contributed by atoms with E-state index < -0.39 is 0 Å². The predicted octanol–water partition coefficient (Wildman–Crippen LogP) is 0.159. The van der Waals surface area contributed by atoms with Crippen molar-refractivity contribution in [3.63, 3.8) is 0 Å². The van der Waals surface area contributed by atoms with Gasteiger partial charge in [0.05, 0.1) is 0 Å². The van der Waals surface area contributed by atoms with Crippen molar-refractivity contribution in [2.45, 2.75) is 0 Å². The third-order valence-corrected chi connectivity index (χ3v) is 0. The van der Waals surface area contributed by atoms with Crippen LogP contribution >= 0.6 is 12.4 Å². The average molecular weight is 84.5 g/mol. The zero-order chi connectivity index (χ0) is 2.00. The van der Waals surface area contributed by atoms with Crippen molar-refractivity contribution in [3.05, 3.63) is 0 Å². The number of halogens is 1. The van der Waals surface area contributed by atoms with Crippen molar-refractivity contribution in [1.82, 2.24) is 6.15 Å². The van der Waals surface area contributed by atoms with Gasteiger partial charge in [-0.25, -0.2) is 0 Å². The quantitative estimate of drug-likeness (QED) is 0.439. The highest BCUT2D eigenvalue weighted by molar-refractivity contribution is 5.85. The van der Waals surface area contributed by atoms with Gasteiger partial charge >= 0.3 is 0 Å². The standard InChI is InChI=1S/CH5N.ClH.H3N/c1-2;;/h2H2,1H3;1H;1H3. The minimum absolute atomic E-state index is 0. The molecule has 4 heavy (non-hydrogen) atoms. The first-order chi connectivity index (χ1) is 1.00. The van der Waals surface area contributed by atoms with Crippen LogP contribution in [0.4, 0.5) is 0 Å². The number of nitrogens with two attached hydrogens (primary N) is 1. The first-order valence-electron chi connectivity index (χ1n) is 0.577. The van der Waals surface area contributed by atoms with Gasteiger partial charge in [-0.3, -0.25) is 0 Å². The van der Waals surface area contributed by atoms with Crippen molar-refractivity contribution in [2.24, 2.45) is 5.73 Å². The Morgan fingerprint density at radius 2 is 1.25 bits per heavy atom. The molecule has 0 aliphatic carbocycles. The van der Waals surface area contributed by atoms with Gasteiger partial charge in [-0.05, 0) is 7.05 Å². The zero-order valence-electron chi connectivity index (χ0n) is 2.69. The van der Waals surface area contributed by atoms with Gasteiger partial charge < -0.3 is 11.9 Å². The lowest BCUT2D eigenvalue weighted by molar-refractivity contribution is 1.48. The molecule has 5 N–H and O–H groups in total. The van der Waals surface area contributed by atoms with Crippen LogP contribution in [0, 0.1) is 0 Å². The Morgan fingerprint density at radius 1 is 1.25 bits per heavy atom. The zero-order valence-corrected chi connectivity index (χ0v) is 3.51. The van der Waals surface area contributed by atoms with Gasteiger partial charge in [0, 0.05) is 0 Å². The van der Waals surface area contributed by atoms with Gasteiger partial charge in [-0.2, -0.15) is 0 Å². The minimum Gasteiger partial charge on any atom is -0.344 e. The van der Waals surface area contributed by atoms with Gasteiger partial charge in [0.1, 0.15) is 0 Å². The van der Waals surface area contributed by atoms with Crippen LogP contribution in [-0.2, 0) is 0 Å². The van der Waals surface area contributed by atoms with E-state index in [1.54, 1.807) is 0 Å². The fraction of sp³-hybridized carbons (Fsp3) is 1.00. The first-order valence-corrected chi connectivity index (χ1v) is 0.577. The molecule has 0 aliphatic rings. The lowest BCUT2D eigenvalue weighted by Crippen LogP contribution is -1.69. The van der Waals surface area contributed by atoms with E-state index in [2.05, 4.69) is 5.73 Å². The Balaban J connectivity index is -0.00000000500. The van der Waals surface area contributed by atoms with E-state index in [1.165, 1.54) is 7.05 Å². The monoisotopic (exact) mass is 84.0 g/mol. The molecule has 0 saturated heterocycles. The number of rotatable bonds is 0. The van der Waals surface area contributed by atoms with Crippen LogP contribution in [0.15, 0.2) is 0 Å². The number of hydrogen-bond acceptors (Lipinski definition) is 2. The maximum absolute atomic E-state index is 4.50. The van der Waals surface area contributed by atoms with E-state index in [0.29, 0.717) is 0 Å². The molecule has 0 saturated carbocycles. The molecule has 0 aliphatic heterocycles. The molecular formula is CH9ClN2. The van der Waals surface area contributed by atoms with Crippen LogP contribution in [-0.4, -0.2) is 7.05 Å². The molecule has 0 bridgehead atoms. The Hall–Kier alpha value is 0.210. The van der Waals surface area contributed by atoms with E-state index in [9.17, 15) is 0 Å². The van der Waals surface area contributed by atoms with Crippen LogP contribution in [0.2, 0.25) is 0 Å². The Morgan fingerprint density at radius 3 is 1.25 bits per heavy atom. The highest BCUT2D eigenvalue weighted by atomic mass is 35.5. The van der Waals surface area contributed by atoms with E-state index in [0.717, 1.165) is 0 Å². The predicted molar refractivity (Wildman–Crippen MR) is 22.4 cm³/mol. The van der Waals surface area contributed by atoms with Crippen molar-refractivity contribution in [3.8, 4) is 0 Å². The van der Waals surface area contributed by atoms with Gasteiger partial charge in [-0.1, -0.05) is 0 Å². The molecule has 0 aromatic rings. The first kappa shape index (κ1) is 29.6. The van der Waals surface area contributed by atoms with E-state index >= 15 is 0 Å². The number of hydrogen-bond donors (Lipinski definition) is 2. The highest BCUT2D eigenvalue weighted by Gasteiger charge is 0.836. The second-order valence-electron chi connectivity index (χ2n) is 0. The third-order valence-electron chi connectivity index (χ3n) is 0. The SMILES string of the molecule is CN.Cl.N. The summed E-state index contributed by atoms with van der Waals surface area (Å²) in [5, 5.41) is 0. The molecule has 0 atom stereocenters. The van der Waals surface area contributed by atoms with E-state index in [-0.39, 0.29) is 18.6 Å². The fourth-order valence-electron chi connectivity index (χ4n) is 0. The molecule has 0 aromatic carbocycles. The lowest BCUT2D eigenvalue weighted by Gasteiger charge is -1.19. The third kappa shape index (κ3) is 73.4. The second kappa shape index (κ2) is 356. The van der Waals surface area contributed by atoms with Crippen molar-refractivity contribution >= 4 is 12.4 Å². The Labute approximate surface area is 32.4 Å². The molecule has 2 nitrogen and oxygen atoms in total. The van der Waals surface area contributed by atoms with Crippen molar-refractivity contribution in [1.29, 1.82) is 0 Å². The van der Waals surface area contributed by atoms with Gasteiger partial charge in [-0.15, -0.1) is 12.4 Å². The summed E-state index contributed by atoms with van der Waals surface area (Å²) in [6, 6.07) is 0. The van der Waals surface area contributed by atoms with Crippen molar-refractivity contribution in [2.75, 3.05) is 7.05 Å². The van der Waals surface area contributed by atoms with Crippen LogP contribution in [0.25, 0.3) is 0 Å². The van der Waals surface area contributed by atoms with Gasteiger partial charge in [0.15, 0.2) is 0 Å². The molecule has 0 heterocycles. The Kier molecular flexibility index (Phi) is 2630. The van der Waals surface area contributed by atoms with Crippen LogP contribution < -0.4 is 11.9 Å². The minimum atomic E-state index is 0. The van der Waals surface area contributed by atoms with Crippen LogP contribution in [0.1, 0.15) is 0 Å². The summed E-state index contributed by atoms with van der Waals surface area (Å²) in [5.41, 5.74) is 4.50. The average Bonchev–Trinajstić information content (AvgIpc) is 1.00. The maximum atomic E-state index is 4.50. The van der Waals surface area contributed by atoms with Crippen molar-refractivity contribution < 1.29 is 0 Å². The summed E-state index contributed by atoms with van der Waals surface area (Å²) in [6.07, 6.45) is 0. The van der Waals surface area contributed by atoms with E-state index in [1.807, 2.05) is 0 Å². The Bertz CT molecular complexity index is 6.00. The summed E-state index contributed by atoms with van der Waals surface area (Å²) in [5.74, 6) is 0.